The quantitative estimate of drug-likeness (QED) is 0.795. The number of benzene rings is 1. The molecule has 72 valence electrons. The molecule has 1 rings (SSSR count). The van der Waals surface area contributed by atoms with Gasteiger partial charge in [0.15, 0.2) is 0 Å². The van der Waals surface area contributed by atoms with E-state index in [0.717, 1.165) is 11.1 Å². The normalized spacial score (nSPS) is 12.5. The molecule has 0 amide bonds. The SMILES string of the molecule is COc1ccc([Se]CC(C)N)cc1. The van der Waals surface area contributed by atoms with Gasteiger partial charge in [-0.15, -0.1) is 0 Å². The van der Waals surface area contributed by atoms with Gasteiger partial charge in [-0.05, 0) is 0 Å². The van der Waals surface area contributed by atoms with Crippen LogP contribution >= 0.6 is 0 Å². The summed E-state index contributed by atoms with van der Waals surface area (Å²) in [6.45, 7) is 2.05. The van der Waals surface area contributed by atoms with Gasteiger partial charge >= 0.3 is 85.3 Å². The standard InChI is InChI=1S/C10H15NOSe/c1-8(11)7-13-10-5-3-9(12-2)4-6-10/h3-6,8H,7,11H2,1-2H3. The van der Waals surface area contributed by atoms with Crippen molar-refractivity contribution in [1.29, 1.82) is 0 Å². The molecule has 1 atom stereocenters. The molecule has 0 heterocycles. The van der Waals surface area contributed by atoms with Crippen molar-refractivity contribution in [2.24, 2.45) is 5.73 Å². The van der Waals surface area contributed by atoms with Crippen molar-refractivity contribution >= 4 is 19.4 Å². The van der Waals surface area contributed by atoms with E-state index < -0.39 is 0 Å². The number of rotatable bonds is 4. The molecular weight excluding hydrogens is 229 g/mol. The molecule has 0 bridgehead atoms. The van der Waals surface area contributed by atoms with Gasteiger partial charge in [-0.25, -0.2) is 0 Å². The first-order chi connectivity index (χ1) is 6.22. The fourth-order valence-electron chi connectivity index (χ4n) is 0.900. The molecule has 0 aromatic heterocycles. The summed E-state index contributed by atoms with van der Waals surface area (Å²) in [7, 11) is 1.68. The third kappa shape index (κ3) is 3.81. The van der Waals surface area contributed by atoms with Crippen LogP contribution in [-0.2, 0) is 0 Å². The molecule has 1 aromatic rings. The first-order valence-electron chi connectivity index (χ1n) is 4.25. The van der Waals surface area contributed by atoms with Crippen molar-refractivity contribution < 1.29 is 4.74 Å². The molecule has 0 aliphatic heterocycles. The summed E-state index contributed by atoms with van der Waals surface area (Å²) in [5, 5.41) is 1.10. The number of hydrogen-bond donors (Lipinski definition) is 1. The van der Waals surface area contributed by atoms with Gasteiger partial charge in [0.05, 0.1) is 0 Å². The van der Waals surface area contributed by atoms with E-state index in [1.807, 2.05) is 19.1 Å². The minimum atomic E-state index is 0.308. The van der Waals surface area contributed by atoms with E-state index >= 15 is 0 Å². The Labute approximate surface area is 85.6 Å². The zero-order chi connectivity index (χ0) is 9.68. The Kier molecular flexibility index (Phi) is 4.29. The van der Waals surface area contributed by atoms with Crippen LogP contribution in [0.3, 0.4) is 0 Å². The van der Waals surface area contributed by atoms with Crippen LogP contribution in [-0.4, -0.2) is 28.1 Å². The third-order valence-corrected chi connectivity index (χ3v) is 4.30. The molecule has 0 aliphatic rings. The fraction of sp³-hybridized carbons (Fsp3) is 0.400. The van der Waals surface area contributed by atoms with Gasteiger partial charge < -0.3 is 0 Å². The van der Waals surface area contributed by atoms with E-state index in [9.17, 15) is 0 Å². The van der Waals surface area contributed by atoms with Gasteiger partial charge in [-0.1, -0.05) is 0 Å². The Balaban J connectivity index is 2.49. The summed E-state index contributed by atoms with van der Waals surface area (Å²) in [6, 6.07) is 8.53. The predicted octanol–water partition coefficient (Wildman–Crippen LogP) is 0.790. The molecule has 0 aliphatic carbocycles. The monoisotopic (exact) mass is 245 g/mol. The van der Waals surface area contributed by atoms with Crippen molar-refractivity contribution in [1.82, 2.24) is 0 Å². The van der Waals surface area contributed by atoms with Crippen molar-refractivity contribution in [2.45, 2.75) is 18.3 Å². The fourth-order valence-corrected chi connectivity index (χ4v) is 2.54. The topological polar surface area (TPSA) is 35.2 Å². The second-order valence-corrected chi connectivity index (χ2v) is 5.26. The molecule has 0 spiro atoms. The van der Waals surface area contributed by atoms with Gasteiger partial charge in [0.2, 0.25) is 0 Å². The molecule has 0 saturated carbocycles. The first-order valence-corrected chi connectivity index (χ1v) is 6.31. The van der Waals surface area contributed by atoms with Crippen LogP contribution in [0.4, 0.5) is 0 Å². The number of nitrogens with two attached hydrogens (primary N) is 1. The first kappa shape index (κ1) is 10.6. The van der Waals surface area contributed by atoms with Crippen molar-refractivity contribution in [3.05, 3.63) is 24.3 Å². The van der Waals surface area contributed by atoms with Crippen LogP contribution in [0, 0.1) is 0 Å². The minimum absolute atomic E-state index is 0.308. The van der Waals surface area contributed by atoms with Crippen LogP contribution in [0.2, 0.25) is 5.32 Å². The summed E-state index contributed by atoms with van der Waals surface area (Å²) in [5.41, 5.74) is 5.69. The Morgan fingerprint density at radius 2 is 2.00 bits per heavy atom. The average molecular weight is 244 g/mol. The Bertz CT molecular complexity index is 246. The maximum atomic E-state index is 5.69. The van der Waals surface area contributed by atoms with E-state index in [1.54, 1.807) is 7.11 Å². The molecule has 13 heavy (non-hydrogen) atoms. The average Bonchev–Trinajstić information content (AvgIpc) is 2.15. The summed E-state index contributed by atoms with van der Waals surface area (Å²) >= 11 is 0.500. The van der Waals surface area contributed by atoms with E-state index in [-0.39, 0.29) is 0 Å². The summed E-state index contributed by atoms with van der Waals surface area (Å²) in [4.78, 5) is 0. The van der Waals surface area contributed by atoms with Crippen LogP contribution in [0.1, 0.15) is 6.92 Å². The molecule has 1 aromatic carbocycles. The molecular formula is C10H15NOSe. The molecule has 0 saturated heterocycles. The van der Waals surface area contributed by atoms with Gasteiger partial charge in [0.25, 0.3) is 0 Å². The van der Waals surface area contributed by atoms with E-state index in [2.05, 4.69) is 12.1 Å². The maximum absolute atomic E-state index is 5.69. The van der Waals surface area contributed by atoms with Crippen LogP contribution in [0.15, 0.2) is 24.3 Å². The second-order valence-electron chi connectivity index (χ2n) is 2.96. The van der Waals surface area contributed by atoms with Crippen LogP contribution in [0.5, 0.6) is 5.75 Å². The molecule has 2 nitrogen and oxygen atoms in total. The van der Waals surface area contributed by atoms with E-state index in [1.165, 1.54) is 4.46 Å². The molecule has 3 heteroatoms. The number of ether oxygens (including phenoxy) is 1. The predicted molar refractivity (Wildman–Crippen MR) is 56.8 cm³/mol. The van der Waals surface area contributed by atoms with Gasteiger partial charge in [0.1, 0.15) is 0 Å². The number of hydrogen-bond acceptors (Lipinski definition) is 2. The zero-order valence-corrected chi connectivity index (χ0v) is 9.70. The van der Waals surface area contributed by atoms with Crippen LogP contribution in [0.25, 0.3) is 0 Å². The van der Waals surface area contributed by atoms with Crippen molar-refractivity contribution in [3.63, 3.8) is 0 Å². The third-order valence-electron chi connectivity index (χ3n) is 1.57. The van der Waals surface area contributed by atoms with E-state index in [0.29, 0.717) is 21.0 Å². The molecule has 2 N–H and O–H groups in total. The number of methoxy groups -OCH3 is 1. The zero-order valence-electron chi connectivity index (χ0n) is 7.99. The van der Waals surface area contributed by atoms with Gasteiger partial charge in [-0.2, -0.15) is 0 Å². The Morgan fingerprint density at radius 1 is 1.38 bits per heavy atom. The summed E-state index contributed by atoms with van der Waals surface area (Å²) in [6.07, 6.45) is 0. The molecule has 0 fully saturated rings. The Morgan fingerprint density at radius 3 is 2.46 bits per heavy atom. The second kappa shape index (κ2) is 5.28. The van der Waals surface area contributed by atoms with Crippen molar-refractivity contribution in [3.8, 4) is 5.75 Å². The van der Waals surface area contributed by atoms with Crippen molar-refractivity contribution in [2.75, 3.05) is 7.11 Å². The van der Waals surface area contributed by atoms with Gasteiger partial charge in [-0.3, -0.25) is 0 Å². The Hall–Kier alpha value is -0.501. The van der Waals surface area contributed by atoms with Gasteiger partial charge in [0, 0.05) is 0 Å². The molecule has 0 radical (unpaired) electrons. The summed E-state index contributed by atoms with van der Waals surface area (Å²) < 4.78 is 6.46. The van der Waals surface area contributed by atoms with Crippen LogP contribution < -0.4 is 14.9 Å². The molecule has 1 unspecified atom stereocenters. The summed E-state index contributed by atoms with van der Waals surface area (Å²) in [5.74, 6) is 0.917. The van der Waals surface area contributed by atoms with E-state index in [4.69, 9.17) is 10.5 Å².